The van der Waals surface area contributed by atoms with Crippen molar-refractivity contribution in [1.29, 1.82) is 0 Å². The van der Waals surface area contributed by atoms with Crippen LogP contribution in [0, 0.1) is 6.92 Å². The van der Waals surface area contributed by atoms with Gasteiger partial charge in [0, 0.05) is 24.4 Å². The largest absolute Gasteiger partial charge is 0.467 e. The topological polar surface area (TPSA) is 205 Å². The second-order valence-corrected chi connectivity index (χ2v) is 14.2. The van der Waals surface area contributed by atoms with Gasteiger partial charge in [0.2, 0.25) is 5.85 Å². The van der Waals surface area contributed by atoms with Crippen molar-refractivity contribution in [2.45, 2.75) is 37.3 Å². The van der Waals surface area contributed by atoms with Gasteiger partial charge in [-0.25, -0.2) is 19.2 Å². The van der Waals surface area contributed by atoms with Gasteiger partial charge in [-0.1, -0.05) is 54.6 Å². The quantitative estimate of drug-likeness (QED) is 0.119. The number of carbonyl (C=O) groups excluding carboxylic acids is 4. The highest BCUT2D eigenvalue weighted by Crippen LogP contribution is 2.51. The highest BCUT2D eigenvalue weighted by molar-refractivity contribution is 7.60. The lowest BCUT2D eigenvalue weighted by atomic mass is 10.1. The van der Waals surface area contributed by atoms with Crippen molar-refractivity contribution in [3.63, 3.8) is 0 Å². The molecule has 6 atom stereocenters. The zero-order valence-electron chi connectivity index (χ0n) is 28.6. The van der Waals surface area contributed by atoms with E-state index in [1.807, 2.05) is 0 Å². The first-order valence-corrected chi connectivity index (χ1v) is 17.9. The summed E-state index contributed by atoms with van der Waals surface area (Å²) in [6.45, 7) is 0.602. The zero-order valence-corrected chi connectivity index (χ0v) is 29.5. The van der Waals surface area contributed by atoms with Crippen LogP contribution in [0.2, 0.25) is 0 Å². The predicted molar refractivity (Wildman–Crippen MR) is 185 cm³/mol. The Kier molecular flexibility index (Phi) is 12.3. The molecule has 1 aliphatic rings. The number of aromatic nitrogens is 2. The SMILES string of the molecule is COC(=O)C(OCC1OC(n2cc(C)c(=O)n(C(=O)c3ccccc3)c2=O)C(OC(=O)c2ccccc2)C1OC(=O)c1ccccc1)P(=O)(CO)OC. The number of hydrogen-bond acceptors (Lipinski definition) is 14. The van der Waals surface area contributed by atoms with Gasteiger partial charge in [0.05, 0.1) is 24.8 Å². The van der Waals surface area contributed by atoms with E-state index >= 15 is 0 Å². The summed E-state index contributed by atoms with van der Waals surface area (Å²) in [6, 6.07) is 23.0. The molecule has 0 bridgehead atoms. The van der Waals surface area contributed by atoms with Crippen LogP contribution < -0.4 is 11.2 Å². The van der Waals surface area contributed by atoms with E-state index < -0.39 is 85.8 Å². The van der Waals surface area contributed by atoms with E-state index in [1.54, 1.807) is 54.6 Å². The molecule has 5 rings (SSSR count). The van der Waals surface area contributed by atoms with E-state index in [1.165, 1.54) is 43.3 Å². The van der Waals surface area contributed by atoms with Crippen molar-refractivity contribution in [2.75, 3.05) is 27.2 Å². The van der Waals surface area contributed by atoms with Gasteiger partial charge in [0.25, 0.3) is 18.8 Å². The smallest absolute Gasteiger partial charge is 0.345 e. The maximum Gasteiger partial charge on any atom is 0.345 e. The van der Waals surface area contributed by atoms with Crippen LogP contribution >= 0.6 is 7.37 Å². The van der Waals surface area contributed by atoms with Gasteiger partial charge in [-0.3, -0.25) is 18.7 Å². The predicted octanol–water partition coefficient (Wildman–Crippen LogP) is 2.75. The maximum atomic E-state index is 14.1. The highest BCUT2D eigenvalue weighted by atomic mass is 31.2. The first-order valence-electron chi connectivity index (χ1n) is 16.0. The molecule has 4 aromatic rings. The lowest BCUT2D eigenvalue weighted by molar-refractivity contribution is -0.152. The van der Waals surface area contributed by atoms with Crippen molar-refractivity contribution in [1.82, 2.24) is 9.13 Å². The van der Waals surface area contributed by atoms with Crippen LogP contribution in [0.15, 0.2) is 107 Å². The van der Waals surface area contributed by atoms with Gasteiger partial charge < -0.3 is 33.3 Å². The third-order valence-electron chi connectivity index (χ3n) is 8.26. The second-order valence-electron chi connectivity index (χ2n) is 11.6. The molecule has 1 saturated heterocycles. The summed E-state index contributed by atoms with van der Waals surface area (Å²) in [4.78, 5) is 80.7. The molecule has 1 fully saturated rings. The minimum atomic E-state index is -4.25. The van der Waals surface area contributed by atoms with Crippen LogP contribution in [-0.2, 0) is 37.6 Å². The standard InChI is InChI=1S/C36H35N2O14P/c1-22-19-37(36(45)38(29(22)40)30(41)23-13-7-4-8-14-23)31-28(52-33(43)25-17-11-6-12-18-25)27(51-32(42)24-15-9-5-10-16-24)26(50-31)20-49-35(34(44)47-2)53(46,21-39)48-3/h4-19,26-28,31,35,39H,20-21H2,1-3H3. The fraction of sp³-hybridized carbons (Fsp3) is 0.278. The van der Waals surface area contributed by atoms with Crippen LogP contribution in [0.1, 0.15) is 42.9 Å². The summed E-state index contributed by atoms with van der Waals surface area (Å²) in [5.41, 5.74) is -2.03. The first-order chi connectivity index (χ1) is 25.4. The number of aliphatic hydroxyl groups is 1. The average Bonchev–Trinajstić information content (AvgIpc) is 3.52. The Labute approximate surface area is 301 Å². The molecule has 16 nitrogen and oxygen atoms in total. The summed E-state index contributed by atoms with van der Waals surface area (Å²) in [5, 5.41) is 9.83. The summed E-state index contributed by atoms with van der Waals surface area (Å²) in [6.07, 6.45) is -6.53. The zero-order chi connectivity index (χ0) is 38.3. The van der Waals surface area contributed by atoms with Crippen molar-refractivity contribution >= 4 is 31.2 Å². The van der Waals surface area contributed by atoms with E-state index in [0.717, 1.165) is 25.0 Å². The summed E-state index contributed by atoms with van der Waals surface area (Å²) in [5.74, 6) is -5.97. The van der Waals surface area contributed by atoms with Gasteiger partial charge in [-0.2, -0.15) is 4.57 Å². The molecule has 0 amide bonds. The van der Waals surface area contributed by atoms with Crippen LogP contribution in [0.3, 0.4) is 0 Å². The monoisotopic (exact) mass is 750 g/mol. The van der Waals surface area contributed by atoms with E-state index in [4.69, 9.17) is 28.2 Å². The number of nitrogens with zero attached hydrogens (tertiary/aromatic N) is 2. The number of rotatable bonds is 13. The second kappa shape index (κ2) is 16.9. The fourth-order valence-corrected chi connectivity index (χ4v) is 6.69. The minimum absolute atomic E-state index is 0.0181. The van der Waals surface area contributed by atoms with E-state index in [9.17, 15) is 38.4 Å². The number of hydrogen-bond donors (Lipinski definition) is 1. The van der Waals surface area contributed by atoms with Crippen LogP contribution in [0.4, 0.5) is 0 Å². The number of ether oxygens (including phenoxy) is 5. The van der Waals surface area contributed by atoms with Gasteiger partial charge in [0.1, 0.15) is 12.5 Å². The molecule has 1 aliphatic heterocycles. The normalized spacial score (nSPS) is 19.8. The molecule has 6 unspecified atom stereocenters. The summed E-state index contributed by atoms with van der Waals surface area (Å²) < 4.78 is 47.8. The van der Waals surface area contributed by atoms with Crippen molar-refractivity contribution in [3.05, 3.63) is 140 Å². The molecule has 53 heavy (non-hydrogen) atoms. The number of carbonyl (C=O) groups is 4. The lowest BCUT2D eigenvalue weighted by Gasteiger charge is -2.26. The summed E-state index contributed by atoms with van der Waals surface area (Å²) in [7, 11) is -2.28. The Morgan fingerprint density at radius 2 is 1.32 bits per heavy atom. The van der Waals surface area contributed by atoms with Crippen molar-refractivity contribution in [3.8, 4) is 0 Å². The molecular formula is C36H35N2O14P. The first kappa shape index (κ1) is 38.7. The Bertz CT molecular complexity index is 2110. The molecule has 0 radical (unpaired) electrons. The van der Waals surface area contributed by atoms with Crippen molar-refractivity contribution in [2.24, 2.45) is 0 Å². The molecular weight excluding hydrogens is 715 g/mol. The van der Waals surface area contributed by atoms with Gasteiger partial charge in [0.15, 0.2) is 18.4 Å². The van der Waals surface area contributed by atoms with Gasteiger partial charge in [-0.15, -0.1) is 0 Å². The molecule has 1 aromatic heterocycles. The third kappa shape index (κ3) is 8.27. The molecule has 278 valence electrons. The van der Waals surface area contributed by atoms with E-state index in [0.29, 0.717) is 4.57 Å². The number of esters is 3. The van der Waals surface area contributed by atoms with Gasteiger partial charge >= 0.3 is 23.6 Å². The Morgan fingerprint density at radius 3 is 1.81 bits per heavy atom. The Hall–Kier alpha value is -5.51. The number of aliphatic hydroxyl groups excluding tert-OH is 1. The highest BCUT2D eigenvalue weighted by Gasteiger charge is 2.53. The van der Waals surface area contributed by atoms with Crippen LogP contribution in [0.5, 0.6) is 0 Å². The minimum Gasteiger partial charge on any atom is -0.467 e. The number of aryl methyl sites for hydroxylation is 1. The lowest BCUT2D eigenvalue weighted by Crippen LogP contribution is -2.48. The van der Waals surface area contributed by atoms with E-state index in [-0.39, 0.29) is 22.3 Å². The van der Waals surface area contributed by atoms with Gasteiger partial charge in [-0.05, 0) is 43.3 Å². The Morgan fingerprint density at radius 1 is 0.811 bits per heavy atom. The van der Waals surface area contributed by atoms with E-state index in [2.05, 4.69) is 0 Å². The molecule has 0 aliphatic carbocycles. The molecule has 0 saturated carbocycles. The number of methoxy groups -OCH3 is 1. The Balaban J connectivity index is 1.64. The molecule has 3 aromatic carbocycles. The number of benzene rings is 3. The van der Waals surface area contributed by atoms with Crippen LogP contribution in [-0.4, -0.2) is 89.4 Å². The summed E-state index contributed by atoms with van der Waals surface area (Å²) >= 11 is 0. The molecule has 2 heterocycles. The third-order valence-corrected chi connectivity index (χ3v) is 10.3. The molecule has 0 spiro atoms. The average molecular weight is 751 g/mol. The fourth-order valence-electron chi connectivity index (χ4n) is 5.49. The van der Waals surface area contributed by atoms with Crippen LogP contribution in [0.25, 0.3) is 0 Å². The van der Waals surface area contributed by atoms with Crippen molar-refractivity contribution < 1.29 is 57.1 Å². The maximum absolute atomic E-state index is 14.1. The molecule has 17 heteroatoms. The molecule has 1 N–H and O–H groups in total.